The number of amides is 1. The molecule has 1 aromatic carbocycles. The van der Waals surface area contributed by atoms with Crippen LogP contribution in [0.1, 0.15) is 45.1 Å². The van der Waals surface area contributed by atoms with Gasteiger partial charge in [-0.25, -0.2) is 0 Å². The summed E-state index contributed by atoms with van der Waals surface area (Å²) >= 11 is 0. The van der Waals surface area contributed by atoms with Gasteiger partial charge in [-0.3, -0.25) is 4.79 Å². The van der Waals surface area contributed by atoms with Crippen molar-refractivity contribution in [2.24, 2.45) is 5.92 Å². The van der Waals surface area contributed by atoms with Crippen molar-refractivity contribution in [2.45, 2.75) is 39.5 Å². The molecule has 1 amide bonds. The molecular formula is C15H23NO. The Balaban J connectivity index is 2.48. The van der Waals surface area contributed by atoms with Crippen LogP contribution >= 0.6 is 0 Å². The number of nitrogens with one attached hydrogen (secondary N) is 1. The van der Waals surface area contributed by atoms with E-state index >= 15 is 0 Å². The number of hydrogen-bond donors (Lipinski definition) is 1. The molecule has 1 atom stereocenters. The van der Waals surface area contributed by atoms with Gasteiger partial charge >= 0.3 is 0 Å². The van der Waals surface area contributed by atoms with Gasteiger partial charge in [-0.1, -0.05) is 57.0 Å². The minimum atomic E-state index is -0.0643. The van der Waals surface area contributed by atoms with Gasteiger partial charge in [0, 0.05) is 6.54 Å². The van der Waals surface area contributed by atoms with Crippen molar-refractivity contribution in [3.63, 3.8) is 0 Å². The lowest BCUT2D eigenvalue weighted by atomic mass is 9.99. The quantitative estimate of drug-likeness (QED) is 0.802. The van der Waals surface area contributed by atoms with E-state index in [2.05, 4.69) is 19.2 Å². The number of rotatable bonds is 6. The molecule has 0 bridgehead atoms. The lowest BCUT2D eigenvalue weighted by molar-refractivity contribution is -0.122. The molecule has 1 N–H and O–H groups in total. The van der Waals surface area contributed by atoms with Gasteiger partial charge in [0.15, 0.2) is 0 Å². The lowest BCUT2D eigenvalue weighted by Crippen LogP contribution is -2.32. The standard InChI is InChI=1S/C15H23NO/c1-4-13(5-2)11-16-15(17)12(3)14-9-7-6-8-10-14/h6-10,12-13H,4-5,11H2,1-3H3,(H,16,17). The highest BCUT2D eigenvalue weighted by Gasteiger charge is 2.15. The number of carbonyl (C=O) groups is 1. The smallest absolute Gasteiger partial charge is 0.227 e. The van der Waals surface area contributed by atoms with Gasteiger partial charge in [-0.2, -0.15) is 0 Å². The number of carbonyl (C=O) groups excluding carboxylic acids is 1. The van der Waals surface area contributed by atoms with E-state index in [-0.39, 0.29) is 11.8 Å². The summed E-state index contributed by atoms with van der Waals surface area (Å²) in [5.74, 6) is 0.663. The van der Waals surface area contributed by atoms with Crippen LogP contribution < -0.4 is 5.32 Å². The van der Waals surface area contributed by atoms with Gasteiger partial charge < -0.3 is 5.32 Å². The molecule has 0 aliphatic rings. The van der Waals surface area contributed by atoms with Crippen LogP contribution in [-0.4, -0.2) is 12.5 Å². The van der Waals surface area contributed by atoms with Gasteiger partial charge in [0.25, 0.3) is 0 Å². The summed E-state index contributed by atoms with van der Waals surface area (Å²) < 4.78 is 0. The Kier molecular flexibility index (Phi) is 5.75. The molecule has 0 heterocycles. The van der Waals surface area contributed by atoms with Crippen LogP contribution in [0.3, 0.4) is 0 Å². The van der Waals surface area contributed by atoms with E-state index in [1.54, 1.807) is 0 Å². The van der Waals surface area contributed by atoms with Crippen LogP contribution in [0.15, 0.2) is 30.3 Å². The molecule has 1 aromatic rings. The summed E-state index contributed by atoms with van der Waals surface area (Å²) in [5.41, 5.74) is 1.08. The third kappa shape index (κ3) is 4.22. The largest absolute Gasteiger partial charge is 0.355 e. The summed E-state index contributed by atoms with van der Waals surface area (Å²) in [6.07, 6.45) is 2.24. The van der Waals surface area contributed by atoms with Gasteiger partial charge in [0.05, 0.1) is 5.92 Å². The fourth-order valence-corrected chi connectivity index (χ4v) is 1.87. The van der Waals surface area contributed by atoms with Gasteiger partial charge in [-0.15, -0.1) is 0 Å². The molecule has 0 fully saturated rings. The van der Waals surface area contributed by atoms with E-state index in [4.69, 9.17) is 0 Å². The van der Waals surface area contributed by atoms with Gasteiger partial charge in [-0.05, 0) is 18.4 Å². The van der Waals surface area contributed by atoms with E-state index < -0.39 is 0 Å². The Morgan fingerprint density at radius 3 is 2.29 bits per heavy atom. The van der Waals surface area contributed by atoms with E-state index in [1.165, 1.54) is 0 Å². The summed E-state index contributed by atoms with van der Waals surface area (Å²) in [4.78, 5) is 12.0. The fraction of sp³-hybridized carbons (Fsp3) is 0.533. The van der Waals surface area contributed by atoms with Crippen molar-refractivity contribution in [1.29, 1.82) is 0 Å². The second-order valence-corrected chi connectivity index (χ2v) is 4.56. The first-order valence-corrected chi connectivity index (χ1v) is 6.51. The molecule has 94 valence electrons. The average molecular weight is 233 g/mol. The van der Waals surface area contributed by atoms with Gasteiger partial charge in [0.1, 0.15) is 0 Å². The molecule has 2 nitrogen and oxygen atoms in total. The maximum Gasteiger partial charge on any atom is 0.227 e. The van der Waals surface area contributed by atoms with Crippen LogP contribution in [0.2, 0.25) is 0 Å². The molecule has 0 saturated heterocycles. The molecule has 0 spiro atoms. The highest BCUT2D eigenvalue weighted by molar-refractivity contribution is 5.83. The predicted molar refractivity (Wildman–Crippen MR) is 71.9 cm³/mol. The maximum absolute atomic E-state index is 12.0. The molecule has 0 saturated carbocycles. The van der Waals surface area contributed by atoms with E-state index in [1.807, 2.05) is 37.3 Å². The van der Waals surface area contributed by atoms with Crippen molar-refractivity contribution in [3.05, 3.63) is 35.9 Å². The zero-order chi connectivity index (χ0) is 12.7. The van der Waals surface area contributed by atoms with Crippen molar-refractivity contribution in [3.8, 4) is 0 Å². The molecule has 1 unspecified atom stereocenters. The molecule has 0 aliphatic carbocycles. The van der Waals surface area contributed by atoms with Gasteiger partial charge in [0.2, 0.25) is 5.91 Å². The summed E-state index contributed by atoms with van der Waals surface area (Å²) in [6, 6.07) is 9.92. The number of hydrogen-bond acceptors (Lipinski definition) is 1. The monoisotopic (exact) mass is 233 g/mol. The third-order valence-electron chi connectivity index (χ3n) is 3.41. The molecule has 17 heavy (non-hydrogen) atoms. The summed E-state index contributed by atoms with van der Waals surface area (Å²) in [6.45, 7) is 7.09. The van der Waals surface area contributed by atoms with Crippen molar-refractivity contribution >= 4 is 5.91 Å². The van der Waals surface area contributed by atoms with Crippen LogP contribution in [-0.2, 0) is 4.79 Å². The topological polar surface area (TPSA) is 29.1 Å². The van der Waals surface area contributed by atoms with E-state index in [0.717, 1.165) is 24.9 Å². The first kappa shape index (κ1) is 13.8. The fourth-order valence-electron chi connectivity index (χ4n) is 1.87. The summed E-state index contributed by atoms with van der Waals surface area (Å²) in [5, 5.41) is 3.04. The Bertz CT molecular complexity index is 330. The van der Waals surface area contributed by atoms with Crippen LogP contribution in [0.4, 0.5) is 0 Å². The highest BCUT2D eigenvalue weighted by atomic mass is 16.1. The molecular weight excluding hydrogens is 210 g/mol. The van der Waals surface area contributed by atoms with E-state index in [0.29, 0.717) is 5.92 Å². The van der Waals surface area contributed by atoms with Crippen LogP contribution in [0.5, 0.6) is 0 Å². The maximum atomic E-state index is 12.0. The first-order chi connectivity index (χ1) is 8.19. The Hall–Kier alpha value is -1.31. The SMILES string of the molecule is CCC(CC)CNC(=O)C(C)c1ccccc1. The number of benzene rings is 1. The second-order valence-electron chi connectivity index (χ2n) is 4.56. The minimum Gasteiger partial charge on any atom is -0.355 e. The van der Waals surface area contributed by atoms with Crippen LogP contribution in [0, 0.1) is 5.92 Å². The van der Waals surface area contributed by atoms with Crippen LogP contribution in [0.25, 0.3) is 0 Å². The molecule has 0 aromatic heterocycles. The Morgan fingerprint density at radius 1 is 1.18 bits per heavy atom. The zero-order valence-electron chi connectivity index (χ0n) is 11.1. The molecule has 2 heteroatoms. The lowest BCUT2D eigenvalue weighted by Gasteiger charge is -2.16. The molecule has 0 aliphatic heterocycles. The second kappa shape index (κ2) is 7.10. The normalized spacial score (nSPS) is 12.5. The average Bonchev–Trinajstić information content (AvgIpc) is 2.39. The zero-order valence-corrected chi connectivity index (χ0v) is 11.1. The Labute approximate surface area is 104 Å². The van der Waals surface area contributed by atoms with Crippen molar-refractivity contribution in [2.75, 3.05) is 6.54 Å². The van der Waals surface area contributed by atoms with E-state index in [9.17, 15) is 4.79 Å². The van der Waals surface area contributed by atoms with Crippen molar-refractivity contribution in [1.82, 2.24) is 5.32 Å². The summed E-state index contributed by atoms with van der Waals surface area (Å²) in [7, 11) is 0. The molecule has 1 rings (SSSR count). The Morgan fingerprint density at radius 2 is 1.76 bits per heavy atom. The third-order valence-corrected chi connectivity index (χ3v) is 3.41. The highest BCUT2D eigenvalue weighted by Crippen LogP contribution is 2.15. The molecule has 0 radical (unpaired) electrons. The minimum absolute atomic E-state index is 0.0643. The predicted octanol–water partition coefficient (Wildman–Crippen LogP) is 3.34. The van der Waals surface area contributed by atoms with Crippen molar-refractivity contribution < 1.29 is 4.79 Å². The first-order valence-electron chi connectivity index (χ1n) is 6.51.